The minimum Gasteiger partial charge on any atom is -0.535 e. The zero-order valence-electron chi connectivity index (χ0n) is 15.2. The Labute approximate surface area is 159 Å². The van der Waals surface area contributed by atoms with Crippen LogP contribution < -0.4 is 4.65 Å². The summed E-state index contributed by atoms with van der Waals surface area (Å²) in [4.78, 5) is 34.7. The lowest BCUT2D eigenvalue weighted by Crippen LogP contribution is -2.32. The number of rotatable bonds is 6. The van der Waals surface area contributed by atoms with Crippen molar-refractivity contribution < 1.29 is 47.4 Å². The molecule has 0 radical (unpaired) electrons. The lowest BCUT2D eigenvalue weighted by Gasteiger charge is -2.26. The van der Waals surface area contributed by atoms with Crippen LogP contribution in [0.5, 0.6) is 5.75 Å². The van der Waals surface area contributed by atoms with Gasteiger partial charge >= 0.3 is 25.2 Å². The summed E-state index contributed by atoms with van der Waals surface area (Å²) in [5.74, 6) is -3.01. The summed E-state index contributed by atoms with van der Waals surface area (Å²) in [6, 6.07) is 2.63. The number of ether oxygens (including phenoxy) is 4. The molecule has 1 aliphatic carbocycles. The SMILES string of the molecule is CCOC(=O)COC(=O)OCOC(=O)c1c(F)ccc2c1OB(O)[C@@H]1CC21C. The Morgan fingerprint density at radius 2 is 2.04 bits per heavy atom. The number of hydrogen-bond donors (Lipinski definition) is 1. The Bertz CT molecular complexity index is 814. The minimum atomic E-state index is -1.27. The molecule has 9 nitrogen and oxygen atoms in total. The molecule has 0 saturated heterocycles. The molecule has 1 unspecified atom stereocenters. The standard InChI is InChI=1S/C17H18BFO9/c1-3-24-12(20)7-25-16(22)27-8-26-15(21)13-10(19)5-4-9-14(13)28-18(23)11-6-17(9,11)2/h4-5,11,23H,3,6-8H2,1-2H3/t11-,17?/m1/s1. The largest absolute Gasteiger partial charge is 0.535 e. The lowest BCUT2D eigenvalue weighted by molar-refractivity contribution is -0.147. The van der Waals surface area contributed by atoms with Gasteiger partial charge in [0, 0.05) is 5.82 Å². The van der Waals surface area contributed by atoms with Crippen molar-refractivity contribution in [3.63, 3.8) is 0 Å². The molecule has 2 atom stereocenters. The molecule has 1 aliphatic heterocycles. The quantitative estimate of drug-likeness (QED) is 0.331. The topological polar surface area (TPSA) is 118 Å². The van der Waals surface area contributed by atoms with E-state index in [2.05, 4.69) is 14.2 Å². The number of carbonyl (C=O) groups is 3. The van der Waals surface area contributed by atoms with Crippen LogP contribution in [0.1, 0.15) is 36.2 Å². The Balaban J connectivity index is 1.60. The Kier molecular flexibility index (Phi) is 5.46. The average Bonchev–Trinajstić information content (AvgIpc) is 3.34. The molecule has 1 N–H and O–H groups in total. The zero-order chi connectivity index (χ0) is 20.5. The fraction of sp³-hybridized carbons (Fsp3) is 0.471. The first-order valence-corrected chi connectivity index (χ1v) is 8.58. The summed E-state index contributed by atoms with van der Waals surface area (Å²) in [6.07, 6.45) is -0.618. The van der Waals surface area contributed by atoms with Gasteiger partial charge in [-0.1, -0.05) is 13.0 Å². The van der Waals surface area contributed by atoms with Crippen molar-refractivity contribution in [3.05, 3.63) is 29.1 Å². The molecule has 0 aromatic heterocycles. The molecule has 0 amide bonds. The van der Waals surface area contributed by atoms with Crippen LogP contribution in [0.25, 0.3) is 0 Å². The van der Waals surface area contributed by atoms with Crippen LogP contribution in [0, 0.1) is 5.82 Å². The number of carbonyl (C=O) groups excluding carboxylic acids is 3. The van der Waals surface area contributed by atoms with Crippen molar-refractivity contribution in [1.29, 1.82) is 0 Å². The molecule has 1 heterocycles. The normalized spacial score (nSPS) is 21.6. The Hall–Kier alpha value is -2.82. The number of halogens is 1. The van der Waals surface area contributed by atoms with Crippen molar-refractivity contribution in [2.45, 2.75) is 31.5 Å². The molecule has 1 fully saturated rings. The first kappa shape index (κ1) is 19.9. The third-order valence-corrected chi connectivity index (χ3v) is 4.79. The van der Waals surface area contributed by atoms with Crippen LogP contribution in [-0.4, -0.2) is 50.2 Å². The van der Waals surface area contributed by atoms with Gasteiger partial charge in [-0.05, 0) is 30.4 Å². The van der Waals surface area contributed by atoms with Crippen molar-refractivity contribution in [1.82, 2.24) is 0 Å². The summed E-state index contributed by atoms with van der Waals surface area (Å²) >= 11 is 0. The molecule has 0 bridgehead atoms. The van der Waals surface area contributed by atoms with Crippen LogP contribution in [-0.2, 0) is 29.2 Å². The van der Waals surface area contributed by atoms with Crippen LogP contribution in [0.3, 0.4) is 0 Å². The van der Waals surface area contributed by atoms with E-state index in [1.165, 1.54) is 6.07 Å². The van der Waals surface area contributed by atoms with Gasteiger partial charge in [-0.2, -0.15) is 0 Å². The maximum Gasteiger partial charge on any atom is 0.526 e. The van der Waals surface area contributed by atoms with Gasteiger partial charge in [0.05, 0.1) is 6.61 Å². The smallest absolute Gasteiger partial charge is 0.526 e. The van der Waals surface area contributed by atoms with E-state index >= 15 is 0 Å². The highest BCUT2D eigenvalue weighted by Gasteiger charge is 2.63. The lowest BCUT2D eigenvalue weighted by atomic mass is 9.72. The van der Waals surface area contributed by atoms with E-state index < -0.39 is 55.4 Å². The van der Waals surface area contributed by atoms with E-state index in [1.807, 2.05) is 6.92 Å². The van der Waals surface area contributed by atoms with Gasteiger partial charge in [-0.25, -0.2) is 18.8 Å². The first-order chi connectivity index (χ1) is 13.3. The summed E-state index contributed by atoms with van der Waals surface area (Å²) in [5, 5.41) is 10.00. The highest BCUT2D eigenvalue weighted by Crippen LogP contribution is 2.65. The molecule has 1 saturated carbocycles. The van der Waals surface area contributed by atoms with Gasteiger partial charge in [-0.15, -0.1) is 0 Å². The van der Waals surface area contributed by atoms with Crippen LogP contribution in [0.15, 0.2) is 12.1 Å². The highest BCUT2D eigenvalue weighted by atomic mass is 19.1. The summed E-state index contributed by atoms with van der Waals surface area (Å²) in [6.45, 7) is 2.07. The molecule has 3 rings (SSSR count). The highest BCUT2D eigenvalue weighted by molar-refractivity contribution is 6.48. The zero-order valence-corrected chi connectivity index (χ0v) is 15.2. The molecule has 11 heteroatoms. The van der Waals surface area contributed by atoms with Gasteiger partial charge in [0.15, 0.2) is 6.61 Å². The van der Waals surface area contributed by atoms with Gasteiger partial charge in [-0.3, -0.25) is 0 Å². The van der Waals surface area contributed by atoms with Crippen molar-refractivity contribution in [2.24, 2.45) is 0 Å². The predicted molar refractivity (Wildman–Crippen MR) is 90.1 cm³/mol. The first-order valence-electron chi connectivity index (χ1n) is 8.58. The second-order valence-electron chi connectivity index (χ2n) is 6.57. The average molecular weight is 396 g/mol. The fourth-order valence-electron chi connectivity index (χ4n) is 3.21. The molecule has 1 aromatic rings. The van der Waals surface area contributed by atoms with Gasteiger partial charge < -0.3 is 28.6 Å². The second-order valence-corrected chi connectivity index (χ2v) is 6.57. The molecule has 28 heavy (non-hydrogen) atoms. The maximum absolute atomic E-state index is 14.2. The van der Waals surface area contributed by atoms with E-state index in [1.54, 1.807) is 6.92 Å². The Morgan fingerprint density at radius 1 is 1.29 bits per heavy atom. The van der Waals surface area contributed by atoms with Gasteiger partial charge in [0.2, 0.25) is 6.79 Å². The van der Waals surface area contributed by atoms with Crippen LogP contribution in [0.2, 0.25) is 5.82 Å². The summed E-state index contributed by atoms with van der Waals surface area (Å²) < 4.78 is 37.8. The third kappa shape index (κ3) is 3.75. The molecular weight excluding hydrogens is 378 g/mol. The molecule has 2 aliphatic rings. The van der Waals surface area contributed by atoms with E-state index in [0.29, 0.717) is 12.0 Å². The number of benzene rings is 1. The number of fused-ring (bicyclic) bond motifs is 3. The van der Waals surface area contributed by atoms with Gasteiger partial charge in [0.25, 0.3) is 0 Å². The van der Waals surface area contributed by atoms with Crippen LogP contribution in [0.4, 0.5) is 9.18 Å². The minimum absolute atomic E-state index is 0.0846. The maximum atomic E-state index is 14.2. The summed E-state index contributed by atoms with van der Waals surface area (Å²) in [7, 11) is -1.15. The molecule has 1 aromatic carbocycles. The molecular formula is C17H18BFO9. The monoisotopic (exact) mass is 396 g/mol. The third-order valence-electron chi connectivity index (χ3n) is 4.79. The van der Waals surface area contributed by atoms with Crippen molar-refractivity contribution in [3.8, 4) is 5.75 Å². The summed E-state index contributed by atoms with van der Waals surface area (Å²) in [5.41, 5.74) is -0.291. The number of hydrogen-bond acceptors (Lipinski definition) is 9. The van der Waals surface area contributed by atoms with E-state index in [0.717, 1.165) is 6.07 Å². The number of esters is 2. The van der Waals surface area contributed by atoms with E-state index in [-0.39, 0.29) is 18.2 Å². The van der Waals surface area contributed by atoms with Crippen LogP contribution >= 0.6 is 0 Å². The van der Waals surface area contributed by atoms with Crippen molar-refractivity contribution >= 4 is 25.2 Å². The Morgan fingerprint density at radius 3 is 2.75 bits per heavy atom. The molecule has 0 spiro atoms. The fourth-order valence-corrected chi connectivity index (χ4v) is 3.21. The van der Waals surface area contributed by atoms with Gasteiger partial charge in [0.1, 0.15) is 17.1 Å². The van der Waals surface area contributed by atoms with E-state index in [4.69, 9.17) is 9.39 Å². The predicted octanol–water partition coefficient (Wildman–Crippen LogP) is 1.56. The van der Waals surface area contributed by atoms with Crippen molar-refractivity contribution in [2.75, 3.05) is 20.0 Å². The second kappa shape index (κ2) is 7.66. The van der Waals surface area contributed by atoms with E-state index in [9.17, 15) is 23.8 Å². The molecule has 150 valence electrons.